The first-order chi connectivity index (χ1) is 8.29. The Morgan fingerprint density at radius 3 is 3.06 bits per heavy atom. The van der Waals surface area contributed by atoms with Crippen LogP contribution in [0.2, 0.25) is 0 Å². The van der Waals surface area contributed by atoms with E-state index in [2.05, 4.69) is 27.7 Å². The number of nitrogens with zero attached hydrogens (tertiary/aromatic N) is 4. The zero-order valence-corrected chi connectivity index (χ0v) is 10.6. The zero-order chi connectivity index (χ0) is 12.1. The van der Waals surface area contributed by atoms with Gasteiger partial charge < -0.3 is 10.1 Å². The smallest absolute Gasteiger partial charge is 0.176 e. The summed E-state index contributed by atoms with van der Waals surface area (Å²) in [5, 5.41) is 15.7. The molecule has 0 spiro atoms. The lowest BCUT2D eigenvalue weighted by molar-refractivity contribution is 0.0777. The van der Waals surface area contributed by atoms with E-state index in [1.165, 1.54) is 4.80 Å². The first-order valence-electron chi connectivity index (χ1n) is 6.37. The van der Waals surface area contributed by atoms with Gasteiger partial charge in [0.15, 0.2) is 5.82 Å². The molecule has 1 N–H and O–H groups in total. The molecule has 0 aliphatic carbocycles. The summed E-state index contributed by atoms with van der Waals surface area (Å²) in [6.07, 6.45) is 4.49. The lowest BCUT2D eigenvalue weighted by atomic mass is 10.0. The van der Waals surface area contributed by atoms with Gasteiger partial charge in [-0.3, -0.25) is 0 Å². The van der Waals surface area contributed by atoms with Crippen molar-refractivity contribution in [2.75, 3.05) is 13.2 Å². The Bertz CT molecular complexity index is 334. The highest BCUT2D eigenvalue weighted by atomic mass is 16.5. The summed E-state index contributed by atoms with van der Waals surface area (Å²) in [6.45, 7) is 4.05. The van der Waals surface area contributed by atoms with Gasteiger partial charge in [0.2, 0.25) is 0 Å². The number of hydrogen-bond acceptors (Lipinski definition) is 5. The van der Waals surface area contributed by atoms with Gasteiger partial charge in [0, 0.05) is 19.1 Å². The molecule has 1 aliphatic rings. The number of hydrogen-bond donors (Lipinski definition) is 1. The van der Waals surface area contributed by atoms with Gasteiger partial charge in [-0.05, 0) is 31.0 Å². The van der Waals surface area contributed by atoms with Crippen molar-refractivity contribution in [3.63, 3.8) is 0 Å². The second kappa shape index (κ2) is 6.07. The molecule has 0 amide bonds. The third-order valence-corrected chi connectivity index (χ3v) is 3.02. The molecular formula is C11H21N5O. The van der Waals surface area contributed by atoms with Gasteiger partial charge >= 0.3 is 0 Å². The van der Waals surface area contributed by atoms with Crippen LogP contribution in [0.5, 0.6) is 0 Å². The lowest BCUT2D eigenvalue weighted by Crippen LogP contribution is -2.42. The van der Waals surface area contributed by atoms with Crippen LogP contribution in [0.25, 0.3) is 0 Å². The van der Waals surface area contributed by atoms with Gasteiger partial charge in [0.05, 0.1) is 13.2 Å². The quantitative estimate of drug-likeness (QED) is 0.773. The van der Waals surface area contributed by atoms with Crippen LogP contribution in [-0.2, 0) is 18.2 Å². The summed E-state index contributed by atoms with van der Waals surface area (Å²) in [5.74, 6) is 0.789. The maximum atomic E-state index is 5.75. The first kappa shape index (κ1) is 12.4. The second-order valence-corrected chi connectivity index (χ2v) is 4.51. The monoisotopic (exact) mass is 239 g/mol. The SMILES string of the molecule is CCCNC(Cc1nnn(C)n1)C1CCCO1. The number of nitrogens with one attached hydrogen (secondary N) is 1. The summed E-state index contributed by atoms with van der Waals surface area (Å²) in [5.41, 5.74) is 0. The van der Waals surface area contributed by atoms with Crippen LogP contribution in [0.1, 0.15) is 32.0 Å². The number of aryl methyl sites for hydroxylation is 1. The lowest BCUT2D eigenvalue weighted by Gasteiger charge is -2.22. The topological polar surface area (TPSA) is 64.9 Å². The highest BCUT2D eigenvalue weighted by Crippen LogP contribution is 2.17. The van der Waals surface area contributed by atoms with Crippen molar-refractivity contribution in [1.82, 2.24) is 25.5 Å². The highest BCUT2D eigenvalue weighted by molar-refractivity contribution is 4.90. The Labute approximate surface area is 102 Å². The highest BCUT2D eigenvalue weighted by Gasteiger charge is 2.26. The Morgan fingerprint density at radius 1 is 1.59 bits per heavy atom. The van der Waals surface area contributed by atoms with Crippen LogP contribution in [-0.4, -0.2) is 45.5 Å². The van der Waals surface area contributed by atoms with Gasteiger partial charge in [-0.25, -0.2) is 0 Å². The molecule has 2 rings (SSSR count). The van der Waals surface area contributed by atoms with Crippen LogP contribution in [0.4, 0.5) is 0 Å². The van der Waals surface area contributed by atoms with Crippen molar-refractivity contribution >= 4 is 0 Å². The molecule has 0 aromatic carbocycles. The zero-order valence-electron chi connectivity index (χ0n) is 10.6. The fourth-order valence-corrected chi connectivity index (χ4v) is 2.19. The summed E-state index contributed by atoms with van der Waals surface area (Å²) in [4.78, 5) is 1.50. The van der Waals surface area contributed by atoms with Gasteiger partial charge in [0.25, 0.3) is 0 Å². The second-order valence-electron chi connectivity index (χ2n) is 4.51. The third-order valence-electron chi connectivity index (χ3n) is 3.02. The van der Waals surface area contributed by atoms with E-state index in [0.29, 0.717) is 12.1 Å². The number of rotatable bonds is 6. The molecule has 0 bridgehead atoms. The maximum Gasteiger partial charge on any atom is 0.176 e. The van der Waals surface area contributed by atoms with E-state index in [9.17, 15) is 0 Å². The van der Waals surface area contributed by atoms with Crippen LogP contribution in [0.15, 0.2) is 0 Å². The van der Waals surface area contributed by atoms with Crippen molar-refractivity contribution in [1.29, 1.82) is 0 Å². The molecule has 96 valence electrons. The van der Waals surface area contributed by atoms with Gasteiger partial charge in [-0.2, -0.15) is 4.80 Å². The molecule has 2 heterocycles. The fourth-order valence-electron chi connectivity index (χ4n) is 2.19. The Morgan fingerprint density at radius 2 is 2.47 bits per heavy atom. The molecule has 0 radical (unpaired) electrons. The molecule has 6 heteroatoms. The van der Waals surface area contributed by atoms with E-state index in [1.807, 2.05) is 0 Å². The maximum absolute atomic E-state index is 5.75. The Kier molecular flexibility index (Phi) is 4.44. The van der Waals surface area contributed by atoms with Crippen molar-refractivity contribution in [2.24, 2.45) is 7.05 Å². The van der Waals surface area contributed by atoms with E-state index >= 15 is 0 Å². The minimum atomic E-state index is 0.297. The molecule has 17 heavy (non-hydrogen) atoms. The van der Waals surface area contributed by atoms with E-state index < -0.39 is 0 Å². The van der Waals surface area contributed by atoms with Crippen molar-refractivity contribution < 1.29 is 4.74 Å². The Balaban J connectivity index is 1.94. The molecule has 1 fully saturated rings. The standard InChI is InChI=1S/C11H21N5O/c1-3-6-12-9(10-5-4-7-17-10)8-11-13-15-16(2)14-11/h9-10,12H,3-8H2,1-2H3. The summed E-state index contributed by atoms with van der Waals surface area (Å²) < 4.78 is 5.75. The third kappa shape index (κ3) is 3.47. The largest absolute Gasteiger partial charge is 0.377 e. The minimum absolute atomic E-state index is 0.297. The van der Waals surface area contributed by atoms with E-state index in [1.54, 1.807) is 7.05 Å². The molecule has 2 atom stereocenters. The minimum Gasteiger partial charge on any atom is -0.377 e. The molecule has 1 aliphatic heterocycles. The van der Waals surface area contributed by atoms with Crippen molar-refractivity contribution in [2.45, 2.75) is 44.8 Å². The molecule has 6 nitrogen and oxygen atoms in total. The molecule has 1 aromatic rings. The molecular weight excluding hydrogens is 218 g/mol. The molecule has 1 saturated heterocycles. The Hall–Kier alpha value is -1.01. The molecule has 1 aromatic heterocycles. The first-order valence-corrected chi connectivity index (χ1v) is 6.37. The van der Waals surface area contributed by atoms with Crippen molar-refractivity contribution in [3.8, 4) is 0 Å². The average molecular weight is 239 g/mol. The average Bonchev–Trinajstić information content (AvgIpc) is 2.95. The van der Waals surface area contributed by atoms with Crippen LogP contribution in [0.3, 0.4) is 0 Å². The van der Waals surface area contributed by atoms with E-state index in [0.717, 1.165) is 44.7 Å². The fraction of sp³-hybridized carbons (Fsp3) is 0.909. The summed E-state index contributed by atoms with van der Waals surface area (Å²) in [7, 11) is 1.79. The van der Waals surface area contributed by atoms with Gasteiger partial charge in [-0.1, -0.05) is 6.92 Å². The summed E-state index contributed by atoms with van der Waals surface area (Å²) >= 11 is 0. The molecule has 0 saturated carbocycles. The number of tetrazole rings is 1. The predicted molar refractivity (Wildman–Crippen MR) is 63.6 cm³/mol. The van der Waals surface area contributed by atoms with Crippen LogP contribution >= 0.6 is 0 Å². The van der Waals surface area contributed by atoms with Crippen molar-refractivity contribution in [3.05, 3.63) is 5.82 Å². The van der Waals surface area contributed by atoms with E-state index in [-0.39, 0.29) is 0 Å². The molecule has 2 unspecified atom stereocenters. The van der Waals surface area contributed by atoms with Gasteiger partial charge in [-0.15, -0.1) is 10.2 Å². The van der Waals surface area contributed by atoms with E-state index in [4.69, 9.17) is 4.74 Å². The summed E-state index contributed by atoms with van der Waals surface area (Å²) in [6, 6.07) is 0.307. The normalized spacial score (nSPS) is 21.9. The number of aromatic nitrogens is 4. The predicted octanol–water partition coefficient (Wildman–Crippen LogP) is 0.300. The van der Waals surface area contributed by atoms with Crippen LogP contribution in [0, 0.1) is 0 Å². The number of ether oxygens (including phenoxy) is 1. The van der Waals surface area contributed by atoms with Crippen LogP contribution < -0.4 is 5.32 Å². The van der Waals surface area contributed by atoms with Gasteiger partial charge in [0.1, 0.15) is 0 Å².